The average molecular weight is 276 g/mol. The third-order valence-electron chi connectivity index (χ3n) is 3.12. The molecule has 6 nitrogen and oxygen atoms in total. The minimum Gasteiger partial charge on any atom is -0.323 e. The lowest BCUT2D eigenvalue weighted by Gasteiger charge is -2.13. The van der Waals surface area contributed by atoms with Gasteiger partial charge in [-0.05, 0) is 6.42 Å². The summed E-state index contributed by atoms with van der Waals surface area (Å²) < 4.78 is 0. The molecule has 0 spiro atoms. The summed E-state index contributed by atoms with van der Waals surface area (Å²) in [4.78, 5) is 0. The highest BCUT2D eigenvalue weighted by molar-refractivity contribution is 6.82. The number of unbranched alkanes of at least 4 members (excludes halogenated alkanes) is 5. The minimum absolute atomic E-state index is 0.163. The summed E-state index contributed by atoms with van der Waals surface area (Å²) in [5.74, 6) is 0. The molecule has 0 heterocycles. The largest absolute Gasteiger partial charge is 0.323 e. The van der Waals surface area contributed by atoms with Gasteiger partial charge in [-0.3, -0.25) is 16.2 Å². The zero-order valence-electron chi connectivity index (χ0n) is 12.1. The zero-order valence-corrected chi connectivity index (χ0v) is 12.1. The number of nitrogens with one attached hydrogen (secondary N) is 4. The summed E-state index contributed by atoms with van der Waals surface area (Å²) in [5, 5.41) is 38.5. The fourth-order valence-electron chi connectivity index (χ4n) is 1.79. The molecule has 0 aromatic carbocycles. The molecule has 110 valence electrons. The summed E-state index contributed by atoms with van der Waals surface area (Å²) in [6.07, 6.45) is 7.35. The van der Waals surface area contributed by atoms with Gasteiger partial charge in [0.2, 0.25) is 0 Å². The summed E-state index contributed by atoms with van der Waals surface area (Å²) >= 11 is 0. The van der Waals surface area contributed by atoms with Crippen LogP contribution in [-0.4, -0.2) is 28.9 Å². The Labute approximate surface area is 120 Å². The van der Waals surface area contributed by atoms with E-state index < -0.39 is 23.2 Å². The highest BCUT2D eigenvalue weighted by Crippen LogP contribution is 2.08. The fraction of sp³-hybridized carbons (Fsp3) is 0.643. The Morgan fingerprint density at radius 3 is 2.10 bits per heavy atom. The van der Waals surface area contributed by atoms with Crippen molar-refractivity contribution in [3.8, 4) is 6.07 Å². The Morgan fingerprint density at radius 1 is 1.00 bits per heavy atom. The Balaban J connectivity index is 4.10. The van der Waals surface area contributed by atoms with Crippen LogP contribution in [0.3, 0.4) is 0 Å². The minimum atomic E-state index is -0.605. The number of hydrogen-bond donors (Lipinski definition) is 5. The molecule has 0 aliphatic rings. The van der Waals surface area contributed by atoms with E-state index in [2.05, 4.69) is 6.92 Å². The Bertz CT molecular complexity index is 418. The second-order valence-corrected chi connectivity index (χ2v) is 4.81. The van der Waals surface area contributed by atoms with Crippen molar-refractivity contribution in [2.24, 2.45) is 5.73 Å². The molecule has 0 aromatic rings. The number of nitriles is 1. The molecule has 1 atom stereocenters. The second-order valence-electron chi connectivity index (χ2n) is 4.81. The Morgan fingerprint density at radius 2 is 1.55 bits per heavy atom. The van der Waals surface area contributed by atoms with Crippen LogP contribution in [0, 0.1) is 33.0 Å². The lowest BCUT2D eigenvalue weighted by atomic mass is 9.97. The first-order valence-electron chi connectivity index (χ1n) is 6.96. The molecule has 0 aliphatic heterocycles. The van der Waals surface area contributed by atoms with E-state index >= 15 is 0 Å². The third kappa shape index (κ3) is 6.34. The van der Waals surface area contributed by atoms with Gasteiger partial charge in [-0.25, -0.2) is 0 Å². The zero-order chi connectivity index (χ0) is 15.5. The Hall–Kier alpha value is -1.87. The van der Waals surface area contributed by atoms with Crippen molar-refractivity contribution in [2.45, 2.75) is 57.9 Å². The van der Waals surface area contributed by atoms with Gasteiger partial charge in [0.15, 0.2) is 5.71 Å². The highest BCUT2D eigenvalue weighted by atomic mass is 14.7. The van der Waals surface area contributed by atoms with Gasteiger partial charge in [0, 0.05) is 6.04 Å². The molecule has 0 saturated carbocycles. The number of nitrogens with zero attached hydrogens (tertiary/aromatic N) is 1. The molecule has 6 N–H and O–H groups in total. The van der Waals surface area contributed by atoms with Gasteiger partial charge in [-0.15, -0.1) is 0 Å². The molecule has 0 saturated heterocycles. The van der Waals surface area contributed by atoms with E-state index in [0.717, 1.165) is 19.3 Å². The molecule has 0 amide bonds. The van der Waals surface area contributed by atoms with E-state index in [-0.39, 0.29) is 5.71 Å². The smallest absolute Gasteiger partial charge is 0.159 e. The van der Waals surface area contributed by atoms with Crippen molar-refractivity contribution in [3.05, 3.63) is 0 Å². The lowest BCUT2D eigenvalue weighted by molar-refractivity contribution is 0.578. The van der Waals surface area contributed by atoms with E-state index in [1.807, 2.05) is 0 Å². The van der Waals surface area contributed by atoms with E-state index in [1.165, 1.54) is 25.3 Å². The molecule has 0 rings (SSSR count). The van der Waals surface area contributed by atoms with E-state index in [4.69, 9.17) is 32.6 Å². The first-order valence-corrected chi connectivity index (χ1v) is 6.96. The van der Waals surface area contributed by atoms with Crippen molar-refractivity contribution >= 4 is 22.8 Å². The first-order chi connectivity index (χ1) is 9.45. The predicted molar refractivity (Wildman–Crippen MR) is 82.5 cm³/mol. The molecule has 0 aliphatic carbocycles. The van der Waals surface area contributed by atoms with Crippen LogP contribution < -0.4 is 5.73 Å². The number of hydrogen-bond acceptors (Lipinski definition) is 6. The average Bonchev–Trinajstić information content (AvgIpc) is 2.47. The number of nitrogens with two attached hydrogens (primary N) is 1. The van der Waals surface area contributed by atoms with Crippen LogP contribution >= 0.6 is 0 Å². The molecule has 0 aromatic heterocycles. The fourth-order valence-corrected chi connectivity index (χ4v) is 1.79. The van der Waals surface area contributed by atoms with Gasteiger partial charge in [0.05, 0.1) is 5.71 Å². The first kappa shape index (κ1) is 18.1. The molecule has 6 heteroatoms. The van der Waals surface area contributed by atoms with Crippen molar-refractivity contribution in [1.29, 1.82) is 26.9 Å². The van der Waals surface area contributed by atoms with E-state index in [0.29, 0.717) is 6.42 Å². The van der Waals surface area contributed by atoms with Crippen LogP contribution in [0.4, 0.5) is 0 Å². The van der Waals surface area contributed by atoms with Crippen LogP contribution in [0.5, 0.6) is 0 Å². The topological polar surface area (TPSA) is 145 Å². The molecule has 0 radical (unpaired) electrons. The van der Waals surface area contributed by atoms with Gasteiger partial charge in [-0.2, -0.15) is 5.26 Å². The van der Waals surface area contributed by atoms with Crippen molar-refractivity contribution < 1.29 is 0 Å². The lowest BCUT2D eigenvalue weighted by Crippen LogP contribution is -2.40. The van der Waals surface area contributed by atoms with Crippen LogP contribution in [0.25, 0.3) is 0 Å². The normalized spacial score (nSPS) is 11.4. The maximum atomic E-state index is 8.50. The predicted octanol–water partition coefficient (Wildman–Crippen LogP) is 2.67. The monoisotopic (exact) mass is 276 g/mol. The van der Waals surface area contributed by atoms with Crippen molar-refractivity contribution in [3.63, 3.8) is 0 Å². The highest BCUT2D eigenvalue weighted by Gasteiger charge is 2.20. The molecule has 0 bridgehead atoms. The van der Waals surface area contributed by atoms with E-state index in [9.17, 15) is 0 Å². The standard InChI is InChI=1S/C14H24N6/c1-2-3-4-5-6-7-8-10(16)12(18)14(20)13(19)11(17)9-15/h10,17-20H,2-8,16H2,1H3. The SMILES string of the molecule is CCCCCCCCC(N)C(=N)C(=N)C(=N)C(=N)C#N. The summed E-state index contributed by atoms with van der Waals surface area (Å²) in [6, 6.07) is 0.895. The summed E-state index contributed by atoms with van der Waals surface area (Å²) in [7, 11) is 0. The van der Waals surface area contributed by atoms with Crippen LogP contribution in [0.15, 0.2) is 0 Å². The van der Waals surface area contributed by atoms with Gasteiger partial charge >= 0.3 is 0 Å². The van der Waals surface area contributed by atoms with Crippen molar-refractivity contribution in [1.82, 2.24) is 0 Å². The quantitative estimate of drug-likeness (QED) is 0.292. The third-order valence-corrected chi connectivity index (χ3v) is 3.12. The molecular formula is C14H24N6. The molecule has 0 fully saturated rings. The van der Waals surface area contributed by atoms with Gasteiger partial charge in [0.1, 0.15) is 17.5 Å². The second kappa shape index (κ2) is 9.98. The molecular weight excluding hydrogens is 252 g/mol. The van der Waals surface area contributed by atoms with Crippen LogP contribution in [0.1, 0.15) is 51.9 Å². The molecule has 1 unspecified atom stereocenters. The van der Waals surface area contributed by atoms with Gasteiger partial charge < -0.3 is 11.1 Å². The molecule has 20 heavy (non-hydrogen) atoms. The van der Waals surface area contributed by atoms with Gasteiger partial charge in [-0.1, -0.05) is 45.4 Å². The van der Waals surface area contributed by atoms with Crippen LogP contribution in [0.2, 0.25) is 0 Å². The van der Waals surface area contributed by atoms with Crippen molar-refractivity contribution in [2.75, 3.05) is 0 Å². The summed E-state index contributed by atoms with van der Waals surface area (Å²) in [5.41, 5.74) is 4.10. The Kier molecular flexibility index (Phi) is 9.05. The van der Waals surface area contributed by atoms with Crippen LogP contribution in [-0.2, 0) is 0 Å². The maximum Gasteiger partial charge on any atom is 0.159 e. The van der Waals surface area contributed by atoms with E-state index in [1.54, 1.807) is 0 Å². The number of rotatable bonds is 11. The maximum absolute atomic E-state index is 8.50. The summed E-state index contributed by atoms with van der Waals surface area (Å²) in [6.45, 7) is 2.16. The van der Waals surface area contributed by atoms with Gasteiger partial charge in [0.25, 0.3) is 0 Å².